The fraction of sp³-hybridized carbons (Fsp3) is 1.00. The van der Waals surface area contributed by atoms with E-state index in [1.807, 2.05) is 0 Å². The highest BCUT2D eigenvalue weighted by atomic mass is 19.2. The molecular formula is C16H23F9. The number of hydrogen-bond acceptors (Lipinski definition) is 0. The second-order valence-electron chi connectivity index (χ2n) is 6.55. The van der Waals surface area contributed by atoms with Gasteiger partial charge in [-0.15, -0.1) is 0 Å². The van der Waals surface area contributed by atoms with Crippen molar-refractivity contribution in [1.29, 1.82) is 0 Å². The fourth-order valence-electron chi connectivity index (χ4n) is 2.99. The van der Waals surface area contributed by atoms with Crippen molar-refractivity contribution in [2.24, 2.45) is 0 Å². The zero-order valence-electron chi connectivity index (χ0n) is 13.6. The maximum absolute atomic E-state index is 14.3. The quantitative estimate of drug-likeness (QED) is 0.330. The molecule has 1 aliphatic rings. The molecule has 0 spiro atoms. The summed E-state index contributed by atoms with van der Waals surface area (Å²) in [5.41, 5.74) is -3.97. The summed E-state index contributed by atoms with van der Waals surface area (Å²) in [6.45, 7) is -0.490. The van der Waals surface area contributed by atoms with Crippen molar-refractivity contribution >= 4 is 0 Å². The maximum atomic E-state index is 14.3. The number of hydrogen-bond donors (Lipinski definition) is 0. The van der Waals surface area contributed by atoms with E-state index in [1.54, 1.807) is 0 Å². The average Bonchev–Trinajstić information content (AvgIpc) is 2.59. The van der Waals surface area contributed by atoms with Gasteiger partial charge in [0.05, 0.1) is 6.67 Å². The summed E-state index contributed by atoms with van der Waals surface area (Å²) in [5, 5.41) is 0. The van der Waals surface area contributed by atoms with E-state index >= 15 is 0 Å². The summed E-state index contributed by atoms with van der Waals surface area (Å²) in [6, 6.07) is 0. The summed E-state index contributed by atoms with van der Waals surface area (Å²) in [4.78, 5) is 0. The summed E-state index contributed by atoms with van der Waals surface area (Å²) >= 11 is 0. The van der Waals surface area contributed by atoms with Crippen LogP contribution in [0.1, 0.15) is 44.9 Å². The lowest BCUT2D eigenvalue weighted by molar-refractivity contribution is -0.151. The van der Waals surface area contributed by atoms with Gasteiger partial charge in [-0.05, 0) is 12.8 Å². The minimum absolute atomic E-state index is 0.114. The van der Waals surface area contributed by atoms with Gasteiger partial charge in [-0.25, -0.2) is 35.1 Å². The van der Waals surface area contributed by atoms with Crippen molar-refractivity contribution in [2.45, 2.75) is 93.8 Å². The molecule has 1 fully saturated rings. The average molecular weight is 386 g/mol. The SMILES string of the molecule is FCCCCCCCC(F)C(F)C(F)C1(F)CC(F)C(F)C(F)C1F. The topological polar surface area (TPSA) is 0 Å². The molecule has 0 nitrogen and oxygen atoms in total. The van der Waals surface area contributed by atoms with Gasteiger partial charge >= 0.3 is 0 Å². The molecule has 0 aromatic heterocycles. The Hall–Kier alpha value is -0.630. The van der Waals surface area contributed by atoms with Crippen LogP contribution < -0.4 is 0 Å². The van der Waals surface area contributed by atoms with E-state index < -0.39 is 68.4 Å². The molecule has 1 saturated carbocycles. The van der Waals surface area contributed by atoms with Crippen molar-refractivity contribution in [3.05, 3.63) is 0 Å². The summed E-state index contributed by atoms with van der Waals surface area (Å²) in [6.07, 6.45) is -21.8. The Bertz CT molecular complexity index is 383. The third-order valence-electron chi connectivity index (χ3n) is 4.59. The highest BCUT2D eigenvalue weighted by Crippen LogP contribution is 2.44. The van der Waals surface area contributed by atoms with Gasteiger partial charge in [-0.1, -0.05) is 25.7 Å². The molecular weight excluding hydrogens is 363 g/mol. The third kappa shape index (κ3) is 5.42. The first kappa shape index (κ1) is 22.4. The molecule has 0 saturated heterocycles. The zero-order chi connectivity index (χ0) is 19.2. The van der Waals surface area contributed by atoms with Crippen LogP contribution in [0.4, 0.5) is 39.5 Å². The van der Waals surface area contributed by atoms with E-state index in [1.165, 1.54) is 0 Å². The van der Waals surface area contributed by atoms with Crippen LogP contribution in [-0.2, 0) is 0 Å². The number of halogens is 9. The largest absolute Gasteiger partial charge is 0.251 e. The van der Waals surface area contributed by atoms with Crippen LogP contribution in [0.5, 0.6) is 0 Å². The Morgan fingerprint density at radius 3 is 2.00 bits per heavy atom. The molecule has 150 valence electrons. The van der Waals surface area contributed by atoms with E-state index in [-0.39, 0.29) is 6.42 Å². The smallest absolute Gasteiger partial charge is 0.181 e. The third-order valence-corrected chi connectivity index (χ3v) is 4.59. The van der Waals surface area contributed by atoms with Gasteiger partial charge in [0.15, 0.2) is 36.5 Å². The van der Waals surface area contributed by atoms with Crippen molar-refractivity contribution in [2.75, 3.05) is 6.67 Å². The Morgan fingerprint density at radius 1 is 0.840 bits per heavy atom. The van der Waals surface area contributed by atoms with Gasteiger partial charge in [0.2, 0.25) is 0 Å². The zero-order valence-corrected chi connectivity index (χ0v) is 13.6. The number of rotatable bonds is 10. The van der Waals surface area contributed by atoms with Crippen LogP contribution in [0.2, 0.25) is 0 Å². The fourth-order valence-corrected chi connectivity index (χ4v) is 2.99. The monoisotopic (exact) mass is 386 g/mol. The van der Waals surface area contributed by atoms with Gasteiger partial charge in [0, 0.05) is 6.42 Å². The molecule has 9 heteroatoms. The first-order valence-electron chi connectivity index (χ1n) is 8.40. The van der Waals surface area contributed by atoms with Crippen LogP contribution in [0.25, 0.3) is 0 Å². The van der Waals surface area contributed by atoms with E-state index in [9.17, 15) is 39.5 Å². The summed E-state index contributed by atoms with van der Waals surface area (Å²) in [7, 11) is 0. The molecule has 25 heavy (non-hydrogen) atoms. The summed E-state index contributed by atoms with van der Waals surface area (Å²) < 4.78 is 121. The van der Waals surface area contributed by atoms with Crippen molar-refractivity contribution in [3.63, 3.8) is 0 Å². The Kier molecular flexibility index (Phi) is 8.87. The van der Waals surface area contributed by atoms with E-state index in [4.69, 9.17) is 0 Å². The van der Waals surface area contributed by atoms with Crippen LogP contribution in [-0.4, -0.2) is 55.5 Å². The van der Waals surface area contributed by atoms with Gasteiger partial charge in [0.25, 0.3) is 0 Å². The molecule has 0 amide bonds. The predicted octanol–water partition coefficient (Wildman–Crippen LogP) is 5.78. The lowest BCUT2D eigenvalue weighted by Crippen LogP contribution is -2.61. The van der Waals surface area contributed by atoms with Crippen molar-refractivity contribution in [1.82, 2.24) is 0 Å². The first-order valence-corrected chi connectivity index (χ1v) is 8.40. The van der Waals surface area contributed by atoms with Gasteiger partial charge in [-0.2, -0.15) is 0 Å². The lowest BCUT2D eigenvalue weighted by atomic mass is 9.76. The van der Waals surface area contributed by atoms with E-state index in [0.29, 0.717) is 25.7 Å². The molecule has 1 rings (SSSR count). The highest BCUT2D eigenvalue weighted by molar-refractivity contribution is 5.09. The van der Waals surface area contributed by atoms with Gasteiger partial charge in [-0.3, -0.25) is 4.39 Å². The van der Waals surface area contributed by atoms with E-state index in [2.05, 4.69) is 0 Å². The van der Waals surface area contributed by atoms with Crippen LogP contribution >= 0.6 is 0 Å². The Balaban J connectivity index is 2.57. The highest BCUT2D eigenvalue weighted by Gasteiger charge is 2.63. The molecule has 0 heterocycles. The second kappa shape index (κ2) is 9.90. The van der Waals surface area contributed by atoms with Gasteiger partial charge in [0.1, 0.15) is 12.3 Å². The Labute approximate surface area is 141 Å². The minimum Gasteiger partial charge on any atom is -0.251 e. The minimum atomic E-state index is -3.97. The van der Waals surface area contributed by atoms with Crippen LogP contribution in [0.3, 0.4) is 0 Å². The lowest BCUT2D eigenvalue weighted by Gasteiger charge is -2.41. The number of unbranched alkanes of at least 4 members (excludes halogenated alkanes) is 4. The van der Waals surface area contributed by atoms with Crippen LogP contribution in [0, 0.1) is 0 Å². The predicted molar refractivity (Wildman–Crippen MR) is 76.4 cm³/mol. The van der Waals surface area contributed by atoms with Crippen molar-refractivity contribution in [3.8, 4) is 0 Å². The normalized spacial score (nSPS) is 36.8. The molecule has 0 aromatic rings. The molecule has 0 N–H and O–H groups in total. The summed E-state index contributed by atoms with van der Waals surface area (Å²) in [5.74, 6) is 0. The molecule has 8 unspecified atom stereocenters. The second-order valence-corrected chi connectivity index (χ2v) is 6.55. The van der Waals surface area contributed by atoms with Gasteiger partial charge < -0.3 is 0 Å². The first-order chi connectivity index (χ1) is 11.7. The molecule has 0 aromatic carbocycles. The number of alkyl halides is 9. The molecule has 8 atom stereocenters. The van der Waals surface area contributed by atoms with E-state index in [0.717, 1.165) is 0 Å². The Morgan fingerprint density at radius 2 is 1.40 bits per heavy atom. The maximum Gasteiger partial charge on any atom is 0.181 e. The standard InChI is InChI=1S/C16H23F9/c17-7-5-3-1-2-4-6-9(18)12(21)14(23)16(25)8-10(19)11(20)13(22)15(16)24/h9-15H,1-8H2. The molecule has 0 bridgehead atoms. The van der Waals surface area contributed by atoms with Crippen molar-refractivity contribution < 1.29 is 39.5 Å². The molecule has 0 radical (unpaired) electrons. The van der Waals surface area contributed by atoms with Crippen LogP contribution in [0.15, 0.2) is 0 Å². The molecule has 0 aliphatic heterocycles. The molecule has 1 aliphatic carbocycles.